The van der Waals surface area contributed by atoms with Gasteiger partial charge in [0.15, 0.2) is 0 Å². The molecule has 21 heavy (non-hydrogen) atoms. The number of aromatic nitrogens is 1. The lowest BCUT2D eigenvalue weighted by atomic mass is 9.96. The number of halogens is 1. The van der Waals surface area contributed by atoms with E-state index in [1.807, 2.05) is 0 Å². The Hall–Kier alpha value is -0.500. The van der Waals surface area contributed by atoms with Crippen LogP contribution in [0.25, 0.3) is 0 Å². The number of nitrogens with zero attached hydrogens (tertiary/aromatic N) is 1. The fraction of sp³-hybridized carbons (Fsp3) is 0.615. The van der Waals surface area contributed by atoms with E-state index in [9.17, 15) is 8.42 Å². The number of sulfonamides is 1. The van der Waals surface area contributed by atoms with Gasteiger partial charge in [-0.25, -0.2) is 18.1 Å². The van der Waals surface area contributed by atoms with Crippen molar-refractivity contribution in [2.75, 3.05) is 18.6 Å². The highest BCUT2D eigenvalue weighted by Gasteiger charge is 2.26. The minimum Gasteiger partial charge on any atom is -0.372 e. The molecule has 0 amide bonds. The van der Waals surface area contributed by atoms with Crippen molar-refractivity contribution in [3.8, 4) is 0 Å². The topological polar surface area (TPSA) is 71.1 Å². The zero-order valence-electron chi connectivity index (χ0n) is 12.1. The molecule has 0 bridgehead atoms. The second kappa shape index (κ2) is 7.17. The molecule has 0 spiro atoms. The van der Waals surface area contributed by atoms with Gasteiger partial charge in [-0.1, -0.05) is 18.0 Å². The fourth-order valence-corrected chi connectivity index (χ4v) is 4.91. The van der Waals surface area contributed by atoms with Crippen molar-refractivity contribution in [2.45, 2.75) is 41.9 Å². The van der Waals surface area contributed by atoms with Crippen LogP contribution in [0.4, 0.5) is 5.82 Å². The molecule has 2 N–H and O–H groups in total. The van der Waals surface area contributed by atoms with Crippen molar-refractivity contribution in [2.24, 2.45) is 0 Å². The molecule has 2 rings (SSSR count). The molecule has 118 valence electrons. The van der Waals surface area contributed by atoms with E-state index in [2.05, 4.69) is 21.3 Å². The highest BCUT2D eigenvalue weighted by Crippen LogP contribution is 2.28. The van der Waals surface area contributed by atoms with Crippen molar-refractivity contribution in [1.82, 2.24) is 9.71 Å². The van der Waals surface area contributed by atoms with Gasteiger partial charge >= 0.3 is 0 Å². The van der Waals surface area contributed by atoms with Gasteiger partial charge in [-0.05, 0) is 31.6 Å². The monoisotopic (exact) mass is 349 g/mol. The highest BCUT2D eigenvalue weighted by atomic mass is 35.5. The molecule has 1 saturated carbocycles. The van der Waals surface area contributed by atoms with Crippen molar-refractivity contribution in [1.29, 1.82) is 0 Å². The first-order valence-corrected chi connectivity index (χ1v) is 9.99. The lowest BCUT2D eigenvalue weighted by molar-refractivity contribution is 0.420. The molecule has 1 aliphatic rings. The molecular weight excluding hydrogens is 330 g/mol. The van der Waals surface area contributed by atoms with Crippen molar-refractivity contribution in [3.05, 3.63) is 17.3 Å². The van der Waals surface area contributed by atoms with Crippen molar-refractivity contribution < 1.29 is 8.42 Å². The maximum atomic E-state index is 12.4. The number of hydrogen-bond donors (Lipinski definition) is 2. The molecule has 1 aliphatic carbocycles. The van der Waals surface area contributed by atoms with Gasteiger partial charge in [0.25, 0.3) is 0 Å². The maximum absolute atomic E-state index is 12.4. The van der Waals surface area contributed by atoms with Gasteiger partial charge in [0.1, 0.15) is 10.7 Å². The molecule has 0 aliphatic heterocycles. The van der Waals surface area contributed by atoms with Crippen LogP contribution in [0.3, 0.4) is 0 Å². The van der Waals surface area contributed by atoms with Crippen LogP contribution in [0, 0.1) is 0 Å². The van der Waals surface area contributed by atoms with E-state index >= 15 is 0 Å². The summed E-state index contributed by atoms with van der Waals surface area (Å²) in [5.41, 5.74) is 0. The van der Waals surface area contributed by atoms with Gasteiger partial charge in [0, 0.05) is 24.5 Å². The van der Waals surface area contributed by atoms with Crippen molar-refractivity contribution >= 4 is 39.2 Å². The average Bonchev–Trinajstić information content (AvgIpc) is 2.47. The number of thioether (sulfide) groups is 1. The predicted molar refractivity (Wildman–Crippen MR) is 88.7 cm³/mol. The molecular formula is C13H20ClN3O2S2. The van der Waals surface area contributed by atoms with E-state index in [1.165, 1.54) is 12.3 Å². The van der Waals surface area contributed by atoms with Crippen LogP contribution in [0.1, 0.15) is 25.7 Å². The summed E-state index contributed by atoms with van der Waals surface area (Å²) in [7, 11) is -1.89. The number of nitrogens with one attached hydrogen (secondary N) is 2. The van der Waals surface area contributed by atoms with E-state index in [-0.39, 0.29) is 10.9 Å². The minimum absolute atomic E-state index is 0.0102. The smallest absolute Gasteiger partial charge is 0.242 e. The summed E-state index contributed by atoms with van der Waals surface area (Å²) >= 11 is 7.81. The first kappa shape index (κ1) is 16.9. The summed E-state index contributed by atoms with van der Waals surface area (Å²) in [6, 6.07) is 1.42. The van der Waals surface area contributed by atoms with Crippen LogP contribution in [0.2, 0.25) is 5.02 Å². The van der Waals surface area contributed by atoms with Crippen LogP contribution in [-0.4, -0.2) is 38.0 Å². The molecule has 1 heterocycles. The number of anilines is 1. The standard InChI is InChI=1S/C13H20ClN3O2S2/c1-15-13-12(14)7-11(8-16-13)21(18,19)17-9-4-3-5-10(6-9)20-2/h7-10,17H,3-6H2,1-2H3,(H,15,16). The zero-order chi connectivity index (χ0) is 15.5. The molecule has 0 saturated heterocycles. The summed E-state index contributed by atoms with van der Waals surface area (Å²) in [5, 5.41) is 3.63. The largest absolute Gasteiger partial charge is 0.372 e. The molecule has 1 aromatic rings. The summed E-state index contributed by atoms with van der Waals surface area (Å²) < 4.78 is 27.6. The van der Waals surface area contributed by atoms with E-state index in [4.69, 9.17) is 11.6 Å². The number of pyridine rings is 1. The second-order valence-electron chi connectivity index (χ2n) is 5.09. The highest BCUT2D eigenvalue weighted by molar-refractivity contribution is 7.99. The van der Waals surface area contributed by atoms with E-state index in [0.717, 1.165) is 25.7 Å². The Bertz CT molecular complexity index is 595. The summed E-state index contributed by atoms with van der Waals surface area (Å²) in [6.45, 7) is 0. The Kier molecular flexibility index (Phi) is 5.76. The SMILES string of the molecule is CNc1ncc(S(=O)(=O)NC2CCCC(SC)C2)cc1Cl. The zero-order valence-corrected chi connectivity index (χ0v) is 14.5. The van der Waals surface area contributed by atoms with Crippen LogP contribution < -0.4 is 10.0 Å². The van der Waals surface area contributed by atoms with E-state index in [1.54, 1.807) is 18.8 Å². The third-order valence-corrected chi connectivity index (χ3v) is 6.51. The molecule has 8 heteroatoms. The molecule has 5 nitrogen and oxygen atoms in total. The Labute approximate surface area is 135 Å². The second-order valence-corrected chi connectivity index (χ2v) is 8.35. The van der Waals surface area contributed by atoms with Gasteiger partial charge in [-0.3, -0.25) is 0 Å². The van der Waals surface area contributed by atoms with Gasteiger partial charge in [0.2, 0.25) is 10.0 Å². The molecule has 0 radical (unpaired) electrons. The third kappa shape index (κ3) is 4.25. The van der Waals surface area contributed by atoms with Gasteiger partial charge in [-0.15, -0.1) is 0 Å². The van der Waals surface area contributed by atoms with E-state index < -0.39 is 10.0 Å². The first-order chi connectivity index (χ1) is 9.96. The quantitative estimate of drug-likeness (QED) is 0.855. The van der Waals surface area contributed by atoms with E-state index in [0.29, 0.717) is 16.1 Å². The summed E-state index contributed by atoms with van der Waals surface area (Å²) in [5.74, 6) is 0.468. The summed E-state index contributed by atoms with van der Waals surface area (Å²) in [6.07, 6.45) is 7.36. The first-order valence-electron chi connectivity index (χ1n) is 6.84. The molecule has 1 fully saturated rings. The fourth-order valence-electron chi connectivity index (χ4n) is 2.50. The van der Waals surface area contributed by atoms with Gasteiger partial charge in [0.05, 0.1) is 5.02 Å². The number of rotatable bonds is 5. The Morgan fingerprint density at radius 2 is 2.19 bits per heavy atom. The lowest BCUT2D eigenvalue weighted by Crippen LogP contribution is -2.39. The molecule has 1 aromatic heterocycles. The Morgan fingerprint density at radius 3 is 2.81 bits per heavy atom. The predicted octanol–water partition coefficient (Wildman–Crippen LogP) is 2.73. The molecule has 0 aromatic carbocycles. The number of hydrogen-bond acceptors (Lipinski definition) is 5. The third-order valence-electron chi connectivity index (χ3n) is 3.64. The van der Waals surface area contributed by atoms with Crippen LogP contribution >= 0.6 is 23.4 Å². The Balaban J connectivity index is 2.13. The summed E-state index contributed by atoms with van der Waals surface area (Å²) in [4.78, 5) is 4.13. The average molecular weight is 350 g/mol. The van der Waals surface area contributed by atoms with Gasteiger partial charge < -0.3 is 5.32 Å². The van der Waals surface area contributed by atoms with Crippen molar-refractivity contribution in [3.63, 3.8) is 0 Å². The van der Waals surface area contributed by atoms with Crippen LogP contribution in [0.5, 0.6) is 0 Å². The lowest BCUT2D eigenvalue weighted by Gasteiger charge is -2.28. The molecule has 2 atom stereocenters. The van der Waals surface area contributed by atoms with Gasteiger partial charge in [-0.2, -0.15) is 11.8 Å². The van der Waals surface area contributed by atoms with Crippen LogP contribution in [-0.2, 0) is 10.0 Å². The van der Waals surface area contributed by atoms with Crippen LogP contribution in [0.15, 0.2) is 17.2 Å². The minimum atomic E-state index is -3.57. The maximum Gasteiger partial charge on any atom is 0.242 e. The normalized spacial score (nSPS) is 23.0. The molecule has 2 unspecified atom stereocenters. The Morgan fingerprint density at radius 1 is 1.43 bits per heavy atom.